The van der Waals surface area contributed by atoms with Crippen LogP contribution in [0, 0.1) is 0 Å². The van der Waals surface area contributed by atoms with Gasteiger partial charge < -0.3 is 24.3 Å². The van der Waals surface area contributed by atoms with Gasteiger partial charge in [0, 0.05) is 10.4 Å². The average Bonchev–Trinajstić information content (AvgIpc) is 3.09. The second kappa shape index (κ2) is 9.38. The number of benzene rings is 1. The highest BCUT2D eigenvalue weighted by molar-refractivity contribution is 7.17. The molecule has 1 amide bonds. The molecule has 0 fully saturated rings. The van der Waals surface area contributed by atoms with Crippen molar-refractivity contribution in [1.82, 2.24) is 0 Å². The van der Waals surface area contributed by atoms with Gasteiger partial charge in [0.05, 0.1) is 33.0 Å². The molecule has 1 N–H and O–H groups in total. The van der Waals surface area contributed by atoms with Crippen LogP contribution < -0.4 is 19.5 Å². The van der Waals surface area contributed by atoms with Crippen molar-refractivity contribution in [3.05, 3.63) is 33.7 Å². The highest BCUT2D eigenvalue weighted by atomic mass is 32.1. The maximum Gasteiger partial charge on any atom is 0.341 e. The van der Waals surface area contributed by atoms with E-state index >= 15 is 0 Å². The predicted molar refractivity (Wildman–Crippen MR) is 116 cm³/mol. The first-order valence-electron chi connectivity index (χ1n) is 9.86. The zero-order chi connectivity index (χ0) is 21.8. The van der Waals surface area contributed by atoms with Crippen LogP contribution in [0.2, 0.25) is 0 Å². The number of rotatable bonds is 7. The fourth-order valence-corrected chi connectivity index (χ4v) is 4.80. The maximum atomic E-state index is 13.1. The molecule has 0 spiro atoms. The summed E-state index contributed by atoms with van der Waals surface area (Å²) in [5.74, 6) is 0.402. The molecule has 1 aromatic heterocycles. The first kappa shape index (κ1) is 22.0. The normalized spacial score (nSPS) is 12.9. The molecule has 0 atom stereocenters. The van der Waals surface area contributed by atoms with Crippen LogP contribution in [0.3, 0.4) is 0 Å². The lowest BCUT2D eigenvalue weighted by atomic mass is 9.95. The molecule has 0 radical (unpaired) electrons. The number of hydrogen-bond acceptors (Lipinski definition) is 7. The summed E-state index contributed by atoms with van der Waals surface area (Å²) < 4.78 is 21.4. The minimum absolute atomic E-state index is 0.240. The second-order valence-corrected chi connectivity index (χ2v) is 8.34. The van der Waals surface area contributed by atoms with Crippen molar-refractivity contribution in [3.63, 3.8) is 0 Å². The van der Waals surface area contributed by atoms with Crippen molar-refractivity contribution in [2.45, 2.75) is 45.6 Å². The van der Waals surface area contributed by atoms with Crippen LogP contribution in [0.15, 0.2) is 12.1 Å². The van der Waals surface area contributed by atoms with Gasteiger partial charge in [-0.3, -0.25) is 4.79 Å². The van der Waals surface area contributed by atoms with E-state index in [1.165, 1.54) is 32.7 Å². The van der Waals surface area contributed by atoms with Gasteiger partial charge >= 0.3 is 5.97 Å². The molecule has 1 heterocycles. The van der Waals surface area contributed by atoms with E-state index in [-0.39, 0.29) is 12.0 Å². The Labute approximate surface area is 180 Å². The van der Waals surface area contributed by atoms with Gasteiger partial charge in [-0.2, -0.15) is 0 Å². The molecule has 1 aliphatic rings. The Morgan fingerprint density at radius 3 is 2.20 bits per heavy atom. The molecule has 0 aliphatic heterocycles. The van der Waals surface area contributed by atoms with Crippen molar-refractivity contribution in [3.8, 4) is 17.2 Å². The molecule has 7 nitrogen and oxygen atoms in total. The Bertz CT molecular complexity index is 924. The molecule has 0 bridgehead atoms. The quantitative estimate of drug-likeness (QED) is 0.649. The Hall–Kier alpha value is -2.74. The number of carbonyl (C=O) groups excluding carboxylic acids is 2. The van der Waals surface area contributed by atoms with Crippen LogP contribution in [-0.4, -0.2) is 39.3 Å². The minimum Gasteiger partial charge on any atom is -0.493 e. The van der Waals surface area contributed by atoms with Gasteiger partial charge in [-0.15, -0.1) is 11.3 Å². The molecular formula is C22H27NO6S. The van der Waals surface area contributed by atoms with Crippen molar-refractivity contribution in [2.24, 2.45) is 0 Å². The first-order chi connectivity index (χ1) is 14.4. The lowest BCUT2D eigenvalue weighted by molar-refractivity contribution is 0.0378. The molecule has 3 rings (SSSR count). The smallest absolute Gasteiger partial charge is 0.341 e. The number of fused-ring (bicyclic) bond motifs is 1. The highest BCUT2D eigenvalue weighted by Gasteiger charge is 2.28. The summed E-state index contributed by atoms with van der Waals surface area (Å²) in [6.45, 7) is 3.62. The van der Waals surface area contributed by atoms with E-state index in [0.717, 1.165) is 36.1 Å². The largest absolute Gasteiger partial charge is 0.493 e. The molecule has 8 heteroatoms. The Morgan fingerprint density at radius 2 is 1.63 bits per heavy atom. The van der Waals surface area contributed by atoms with Gasteiger partial charge in [-0.25, -0.2) is 4.79 Å². The van der Waals surface area contributed by atoms with E-state index in [1.54, 1.807) is 12.1 Å². The molecule has 2 aromatic rings. The van der Waals surface area contributed by atoms with Crippen LogP contribution in [0.5, 0.6) is 17.2 Å². The SMILES string of the molecule is COc1cc(C(=O)Nc2sc3c(c2C(=O)OC(C)C)CCCC3)cc(OC)c1OC. The topological polar surface area (TPSA) is 83.1 Å². The summed E-state index contributed by atoms with van der Waals surface area (Å²) in [4.78, 5) is 27.0. The van der Waals surface area contributed by atoms with E-state index in [9.17, 15) is 9.59 Å². The summed E-state index contributed by atoms with van der Waals surface area (Å²) in [7, 11) is 4.49. The van der Waals surface area contributed by atoms with Gasteiger partial charge in [0.25, 0.3) is 5.91 Å². The van der Waals surface area contributed by atoms with Crippen molar-refractivity contribution < 1.29 is 28.5 Å². The zero-order valence-corrected chi connectivity index (χ0v) is 18.7. The van der Waals surface area contributed by atoms with E-state index in [2.05, 4.69) is 5.32 Å². The number of hydrogen-bond donors (Lipinski definition) is 1. The Balaban J connectivity index is 1.97. The van der Waals surface area contributed by atoms with E-state index in [0.29, 0.717) is 33.4 Å². The predicted octanol–water partition coefficient (Wildman–Crippen LogP) is 4.47. The molecule has 162 valence electrons. The summed E-state index contributed by atoms with van der Waals surface area (Å²) >= 11 is 1.45. The van der Waals surface area contributed by atoms with Crippen LogP contribution in [0.1, 0.15) is 57.8 Å². The van der Waals surface area contributed by atoms with Gasteiger partial charge in [-0.1, -0.05) is 0 Å². The average molecular weight is 434 g/mol. The second-order valence-electron chi connectivity index (χ2n) is 7.24. The van der Waals surface area contributed by atoms with Gasteiger partial charge in [0.2, 0.25) is 5.75 Å². The van der Waals surface area contributed by atoms with Crippen LogP contribution in [-0.2, 0) is 17.6 Å². The first-order valence-corrected chi connectivity index (χ1v) is 10.7. The van der Waals surface area contributed by atoms with Crippen LogP contribution >= 0.6 is 11.3 Å². The number of carbonyl (C=O) groups is 2. The monoisotopic (exact) mass is 433 g/mol. The third kappa shape index (κ3) is 4.38. The maximum absolute atomic E-state index is 13.1. The number of nitrogens with one attached hydrogen (secondary N) is 1. The molecule has 0 saturated heterocycles. The fraction of sp³-hybridized carbons (Fsp3) is 0.455. The van der Waals surface area contributed by atoms with E-state index < -0.39 is 5.97 Å². The number of thiophene rings is 1. The van der Waals surface area contributed by atoms with Crippen molar-refractivity contribution in [2.75, 3.05) is 26.6 Å². The standard InChI is InChI=1S/C22H27NO6S/c1-12(2)29-22(25)18-14-8-6-7-9-17(14)30-21(18)23-20(24)13-10-15(26-3)19(28-5)16(11-13)27-4/h10-12H,6-9H2,1-5H3,(H,23,24). The number of anilines is 1. The Kier molecular flexibility index (Phi) is 6.87. The third-order valence-corrected chi connectivity index (χ3v) is 6.08. The summed E-state index contributed by atoms with van der Waals surface area (Å²) in [5.41, 5.74) is 1.81. The summed E-state index contributed by atoms with van der Waals surface area (Å²) in [6.07, 6.45) is 3.57. The van der Waals surface area contributed by atoms with E-state index in [4.69, 9.17) is 18.9 Å². The number of aryl methyl sites for hydroxylation is 1. The zero-order valence-electron chi connectivity index (χ0n) is 17.9. The van der Waals surface area contributed by atoms with Crippen molar-refractivity contribution in [1.29, 1.82) is 0 Å². The lowest BCUT2D eigenvalue weighted by Gasteiger charge is -2.15. The van der Waals surface area contributed by atoms with Crippen molar-refractivity contribution >= 4 is 28.2 Å². The van der Waals surface area contributed by atoms with Crippen LogP contribution in [0.4, 0.5) is 5.00 Å². The van der Waals surface area contributed by atoms with E-state index in [1.807, 2.05) is 13.8 Å². The molecule has 30 heavy (non-hydrogen) atoms. The van der Waals surface area contributed by atoms with Gasteiger partial charge in [0.1, 0.15) is 5.00 Å². The van der Waals surface area contributed by atoms with Crippen LogP contribution in [0.25, 0.3) is 0 Å². The molecule has 1 aliphatic carbocycles. The minimum atomic E-state index is -0.399. The Morgan fingerprint density at radius 1 is 1.00 bits per heavy atom. The number of esters is 1. The van der Waals surface area contributed by atoms with Gasteiger partial charge in [-0.05, 0) is 57.2 Å². The molecular weight excluding hydrogens is 406 g/mol. The number of amides is 1. The highest BCUT2D eigenvalue weighted by Crippen LogP contribution is 2.41. The molecule has 1 aromatic carbocycles. The summed E-state index contributed by atoms with van der Waals surface area (Å²) in [5, 5.41) is 3.42. The fourth-order valence-electron chi connectivity index (χ4n) is 3.53. The molecule has 0 unspecified atom stereocenters. The third-order valence-electron chi connectivity index (χ3n) is 4.87. The summed E-state index contributed by atoms with van der Waals surface area (Å²) in [6, 6.07) is 3.16. The van der Waals surface area contributed by atoms with Gasteiger partial charge in [0.15, 0.2) is 11.5 Å². The molecule has 0 saturated carbocycles. The number of methoxy groups -OCH3 is 3. The number of ether oxygens (including phenoxy) is 4. The lowest BCUT2D eigenvalue weighted by Crippen LogP contribution is -2.18.